The van der Waals surface area contributed by atoms with Crippen molar-refractivity contribution in [1.82, 2.24) is 15.5 Å². The van der Waals surface area contributed by atoms with Gasteiger partial charge in [-0.1, -0.05) is 6.07 Å². The fourth-order valence-electron chi connectivity index (χ4n) is 3.18. The van der Waals surface area contributed by atoms with Crippen LogP contribution in [-0.2, 0) is 9.53 Å². The second-order valence-electron chi connectivity index (χ2n) is 7.74. The summed E-state index contributed by atoms with van der Waals surface area (Å²) in [4.78, 5) is 36.7. The van der Waals surface area contributed by atoms with Crippen molar-refractivity contribution in [3.8, 4) is 0 Å². The number of benzene rings is 1. The van der Waals surface area contributed by atoms with E-state index in [4.69, 9.17) is 4.74 Å². The van der Waals surface area contributed by atoms with Gasteiger partial charge in [-0.15, -0.1) is 0 Å². The number of rotatable bonds is 7. The molecule has 9 heteroatoms. The third-order valence-corrected chi connectivity index (χ3v) is 4.72. The summed E-state index contributed by atoms with van der Waals surface area (Å²) in [6, 6.07) is 5.38. The van der Waals surface area contributed by atoms with Crippen LogP contribution in [-0.4, -0.2) is 65.6 Å². The van der Waals surface area contributed by atoms with Crippen LogP contribution in [0.2, 0.25) is 0 Å². The molecular formula is C19H28N4O5. The Kier molecular flexibility index (Phi) is 7.09. The maximum absolute atomic E-state index is 12.1. The van der Waals surface area contributed by atoms with Gasteiger partial charge in [-0.3, -0.25) is 24.6 Å². The van der Waals surface area contributed by atoms with E-state index < -0.39 is 10.8 Å². The van der Waals surface area contributed by atoms with Gasteiger partial charge < -0.3 is 15.4 Å². The van der Waals surface area contributed by atoms with E-state index in [1.165, 1.54) is 24.3 Å². The van der Waals surface area contributed by atoms with Crippen molar-refractivity contribution in [3.05, 3.63) is 39.9 Å². The fraction of sp³-hybridized carbons (Fsp3) is 0.579. The van der Waals surface area contributed by atoms with Crippen LogP contribution >= 0.6 is 0 Å². The van der Waals surface area contributed by atoms with Crippen LogP contribution in [0.3, 0.4) is 0 Å². The lowest BCUT2D eigenvalue weighted by Gasteiger charge is -2.45. The number of hydrogen-bond donors (Lipinski definition) is 2. The summed E-state index contributed by atoms with van der Waals surface area (Å²) in [5.41, 5.74) is -0.294. The monoisotopic (exact) mass is 392 g/mol. The molecule has 0 radical (unpaired) electrons. The van der Waals surface area contributed by atoms with Crippen molar-refractivity contribution in [2.75, 3.05) is 26.2 Å². The maximum atomic E-state index is 12.1. The Labute approximate surface area is 164 Å². The van der Waals surface area contributed by atoms with Crippen LogP contribution in [0.15, 0.2) is 24.3 Å². The zero-order valence-corrected chi connectivity index (χ0v) is 16.7. The molecule has 2 unspecified atom stereocenters. The fourth-order valence-corrected chi connectivity index (χ4v) is 3.18. The van der Waals surface area contributed by atoms with Crippen LogP contribution in [0.4, 0.5) is 5.69 Å². The molecular weight excluding hydrogens is 364 g/mol. The molecule has 2 amide bonds. The number of carbonyl (C=O) groups excluding carboxylic acids is 2. The first kappa shape index (κ1) is 21.8. The largest absolute Gasteiger partial charge is 0.373 e. The number of non-ortho nitro benzene ring substituents is 1. The average molecular weight is 392 g/mol. The normalized spacial score (nSPS) is 20.4. The molecule has 1 aromatic carbocycles. The van der Waals surface area contributed by atoms with Gasteiger partial charge in [0.15, 0.2) is 0 Å². The van der Waals surface area contributed by atoms with Gasteiger partial charge >= 0.3 is 0 Å². The molecule has 1 aliphatic heterocycles. The van der Waals surface area contributed by atoms with Gasteiger partial charge in [0.25, 0.3) is 11.6 Å². The first-order valence-electron chi connectivity index (χ1n) is 9.28. The van der Waals surface area contributed by atoms with E-state index in [0.29, 0.717) is 6.54 Å². The van der Waals surface area contributed by atoms with Crippen LogP contribution in [0.1, 0.15) is 38.1 Å². The summed E-state index contributed by atoms with van der Waals surface area (Å²) in [5, 5.41) is 16.1. The highest BCUT2D eigenvalue weighted by Crippen LogP contribution is 2.20. The number of nitro groups is 1. The SMILES string of the molecule is CC1CN(C(C)(C)CNC(=O)CNC(=O)c2cccc([N+](=O)[O-])c2)CC(C)O1. The molecule has 1 aromatic rings. The van der Waals surface area contributed by atoms with Gasteiger partial charge in [0.05, 0.1) is 23.7 Å². The molecule has 2 rings (SSSR count). The summed E-state index contributed by atoms with van der Waals surface area (Å²) in [5.74, 6) is -0.852. The van der Waals surface area contributed by atoms with E-state index in [0.717, 1.165) is 13.1 Å². The van der Waals surface area contributed by atoms with Gasteiger partial charge in [-0.05, 0) is 33.8 Å². The molecule has 0 aromatic heterocycles. The minimum absolute atomic E-state index is 0.132. The summed E-state index contributed by atoms with van der Waals surface area (Å²) in [6.07, 6.45) is 0.265. The van der Waals surface area contributed by atoms with Crippen molar-refractivity contribution >= 4 is 17.5 Å². The smallest absolute Gasteiger partial charge is 0.270 e. The topological polar surface area (TPSA) is 114 Å². The zero-order chi connectivity index (χ0) is 20.9. The van der Waals surface area contributed by atoms with Crippen LogP contribution in [0, 0.1) is 10.1 Å². The Hall–Kier alpha value is -2.52. The quantitative estimate of drug-likeness (QED) is 0.534. The lowest BCUT2D eigenvalue weighted by Crippen LogP contribution is -2.59. The van der Waals surface area contributed by atoms with Crippen molar-refractivity contribution < 1.29 is 19.2 Å². The Morgan fingerprint density at radius 3 is 2.50 bits per heavy atom. The Morgan fingerprint density at radius 2 is 1.89 bits per heavy atom. The Bertz CT molecular complexity index is 727. The average Bonchev–Trinajstić information content (AvgIpc) is 2.63. The predicted octanol–water partition coefficient (Wildman–Crippen LogP) is 1.33. The van der Waals surface area contributed by atoms with Crippen molar-refractivity contribution in [1.29, 1.82) is 0 Å². The summed E-state index contributed by atoms with van der Waals surface area (Å²) in [7, 11) is 0. The van der Waals surface area contributed by atoms with Crippen molar-refractivity contribution in [2.45, 2.75) is 45.4 Å². The lowest BCUT2D eigenvalue weighted by atomic mass is 10.00. The maximum Gasteiger partial charge on any atom is 0.270 e. The molecule has 1 fully saturated rings. The Morgan fingerprint density at radius 1 is 1.25 bits per heavy atom. The number of nitrogens with zero attached hydrogens (tertiary/aromatic N) is 2. The highest BCUT2D eigenvalue weighted by atomic mass is 16.6. The molecule has 0 aliphatic carbocycles. The number of amides is 2. The number of morpholine rings is 1. The molecule has 2 atom stereocenters. The molecule has 0 bridgehead atoms. The second kappa shape index (κ2) is 9.11. The number of ether oxygens (including phenoxy) is 1. The minimum Gasteiger partial charge on any atom is -0.373 e. The van der Waals surface area contributed by atoms with E-state index >= 15 is 0 Å². The highest BCUT2D eigenvalue weighted by molar-refractivity contribution is 5.96. The standard InChI is InChI=1S/C19H28N4O5/c1-13-10-22(11-14(2)28-13)19(3,4)12-21-17(24)9-20-18(25)15-6-5-7-16(8-15)23(26)27/h5-8,13-14H,9-12H2,1-4H3,(H,20,25)(H,21,24). The van der Waals surface area contributed by atoms with E-state index in [9.17, 15) is 19.7 Å². The number of nitro benzene ring substituents is 1. The molecule has 28 heavy (non-hydrogen) atoms. The van der Waals surface area contributed by atoms with Gasteiger partial charge in [0, 0.05) is 42.9 Å². The van der Waals surface area contributed by atoms with Crippen molar-refractivity contribution in [2.24, 2.45) is 0 Å². The molecule has 1 aliphatic rings. The zero-order valence-electron chi connectivity index (χ0n) is 16.7. The molecule has 1 heterocycles. The third-order valence-electron chi connectivity index (χ3n) is 4.72. The second-order valence-corrected chi connectivity index (χ2v) is 7.74. The highest BCUT2D eigenvalue weighted by Gasteiger charge is 2.33. The molecule has 0 spiro atoms. The number of nitrogens with one attached hydrogen (secondary N) is 2. The molecule has 2 N–H and O–H groups in total. The van der Waals surface area contributed by atoms with E-state index in [-0.39, 0.29) is 41.4 Å². The van der Waals surface area contributed by atoms with Crippen LogP contribution < -0.4 is 10.6 Å². The number of carbonyl (C=O) groups is 2. The first-order valence-corrected chi connectivity index (χ1v) is 9.28. The summed E-state index contributed by atoms with van der Waals surface area (Å²) < 4.78 is 5.75. The van der Waals surface area contributed by atoms with E-state index in [1.807, 2.05) is 13.8 Å². The molecule has 1 saturated heterocycles. The number of hydrogen-bond acceptors (Lipinski definition) is 6. The van der Waals surface area contributed by atoms with E-state index in [1.54, 1.807) is 0 Å². The predicted molar refractivity (Wildman–Crippen MR) is 104 cm³/mol. The van der Waals surface area contributed by atoms with Gasteiger partial charge in [-0.25, -0.2) is 0 Å². The summed E-state index contributed by atoms with van der Waals surface area (Å²) in [6.45, 7) is 9.97. The first-order chi connectivity index (χ1) is 13.1. The van der Waals surface area contributed by atoms with Crippen LogP contribution in [0.25, 0.3) is 0 Å². The molecule has 9 nitrogen and oxygen atoms in total. The molecule has 154 valence electrons. The Balaban J connectivity index is 1.82. The van der Waals surface area contributed by atoms with Crippen molar-refractivity contribution in [3.63, 3.8) is 0 Å². The third kappa shape index (κ3) is 6.00. The minimum atomic E-state index is -0.571. The van der Waals surface area contributed by atoms with Gasteiger partial charge in [-0.2, -0.15) is 0 Å². The van der Waals surface area contributed by atoms with E-state index in [2.05, 4.69) is 29.4 Å². The molecule has 0 saturated carbocycles. The van der Waals surface area contributed by atoms with Gasteiger partial charge in [0.2, 0.25) is 5.91 Å². The van der Waals surface area contributed by atoms with Crippen LogP contribution in [0.5, 0.6) is 0 Å². The van der Waals surface area contributed by atoms with Gasteiger partial charge in [0.1, 0.15) is 0 Å². The summed E-state index contributed by atoms with van der Waals surface area (Å²) >= 11 is 0. The lowest BCUT2D eigenvalue weighted by molar-refractivity contribution is -0.384.